The molecule has 0 spiro atoms. The molecule has 1 fully saturated rings. The molecule has 1 atom stereocenters. The number of nitrogens with one attached hydrogen (secondary N) is 1. The van der Waals surface area contributed by atoms with E-state index in [4.69, 9.17) is 4.74 Å². The fourth-order valence-electron chi connectivity index (χ4n) is 3.18. The Morgan fingerprint density at radius 2 is 2.12 bits per heavy atom. The number of thiophene rings is 1. The zero-order valence-corrected chi connectivity index (χ0v) is 15.8. The van der Waals surface area contributed by atoms with Crippen LogP contribution in [0.25, 0.3) is 0 Å². The molecule has 1 aromatic heterocycles. The van der Waals surface area contributed by atoms with Crippen LogP contribution in [0.15, 0.2) is 41.8 Å². The highest BCUT2D eigenvalue weighted by Gasteiger charge is 2.30. The van der Waals surface area contributed by atoms with Gasteiger partial charge in [0.05, 0.1) is 24.6 Å². The maximum Gasteiger partial charge on any atom is 0.264 e. The highest BCUT2D eigenvalue weighted by Crippen LogP contribution is 2.30. The molecule has 3 rings (SSSR count). The minimum absolute atomic E-state index is 0.0579. The van der Waals surface area contributed by atoms with Crippen LogP contribution >= 0.6 is 11.3 Å². The van der Waals surface area contributed by atoms with Gasteiger partial charge in [-0.2, -0.15) is 0 Å². The number of benzene rings is 1. The minimum Gasteiger partial charge on any atom is -0.496 e. The van der Waals surface area contributed by atoms with E-state index >= 15 is 0 Å². The van der Waals surface area contributed by atoms with Crippen LogP contribution in [-0.4, -0.2) is 62.0 Å². The molecule has 0 bridgehead atoms. The molecular weight excluding hydrogens is 350 g/mol. The Hall–Kier alpha value is -2.38. The predicted octanol–water partition coefficient (Wildman–Crippen LogP) is 2.00. The summed E-state index contributed by atoms with van der Waals surface area (Å²) in [6.07, 6.45) is 0. The molecule has 6 nitrogen and oxygen atoms in total. The monoisotopic (exact) mass is 373 g/mol. The van der Waals surface area contributed by atoms with Crippen LogP contribution in [0.1, 0.15) is 21.3 Å². The Bertz CT molecular complexity index is 763. The van der Waals surface area contributed by atoms with Crippen molar-refractivity contribution in [3.05, 3.63) is 52.2 Å². The second-order valence-electron chi connectivity index (χ2n) is 6.19. The summed E-state index contributed by atoms with van der Waals surface area (Å²) in [7, 11) is 3.30. The summed E-state index contributed by atoms with van der Waals surface area (Å²) in [4.78, 5) is 29.3. The summed E-state index contributed by atoms with van der Waals surface area (Å²) in [5, 5.41) is 5.20. The molecule has 1 N–H and O–H groups in total. The van der Waals surface area contributed by atoms with Crippen molar-refractivity contribution in [2.75, 3.05) is 40.3 Å². The largest absolute Gasteiger partial charge is 0.496 e. The van der Waals surface area contributed by atoms with Crippen molar-refractivity contribution < 1.29 is 14.3 Å². The average molecular weight is 373 g/mol. The van der Waals surface area contributed by atoms with Gasteiger partial charge in [0.2, 0.25) is 5.91 Å². The van der Waals surface area contributed by atoms with E-state index in [9.17, 15) is 9.59 Å². The quantitative estimate of drug-likeness (QED) is 0.871. The lowest BCUT2D eigenvalue weighted by Crippen LogP contribution is -2.51. The molecule has 2 amide bonds. The molecule has 0 saturated carbocycles. The number of piperazine rings is 1. The van der Waals surface area contributed by atoms with Crippen molar-refractivity contribution in [2.45, 2.75) is 6.04 Å². The number of hydrogen-bond donors (Lipinski definition) is 1. The first kappa shape index (κ1) is 18.4. The van der Waals surface area contributed by atoms with Crippen molar-refractivity contribution in [2.24, 2.45) is 0 Å². The molecule has 0 aliphatic carbocycles. The van der Waals surface area contributed by atoms with Crippen molar-refractivity contribution in [3.8, 4) is 5.75 Å². The van der Waals surface area contributed by atoms with Crippen molar-refractivity contribution in [3.63, 3.8) is 0 Å². The normalized spacial score (nSPS) is 17.0. The average Bonchev–Trinajstić information content (AvgIpc) is 3.22. The predicted molar refractivity (Wildman–Crippen MR) is 102 cm³/mol. The highest BCUT2D eigenvalue weighted by molar-refractivity contribution is 7.12. The van der Waals surface area contributed by atoms with E-state index in [1.807, 2.05) is 40.6 Å². The van der Waals surface area contributed by atoms with Crippen LogP contribution in [0, 0.1) is 0 Å². The van der Waals surface area contributed by atoms with Gasteiger partial charge in [-0.1, -0.05) is 24.3 Å². The second kappa shape index (κ2) is 8.33. The van der Waals surface area contributed by atoms with E-state index in [1.54, 1.807) is 20.2 Å². The summed E-state index contributed by atoms with van der Waals surface area (Å²) >= 11 is 1.38. The van der Waals surface area contributed by atoms with Gasteiger partial charge in [-0.3, -0.25) is 9.59 Å². The van der Waals surface area contributed by atoms with Crippen LogP contribution in [0.3, 0.4) is 0 Å². The molecule has 7 heteroatoms. The number of carbonyl (C=O) groups is 2. The Labute approximate surface area is 157 Å². The molecule has 138 valence electrons. The summed E-state index contributed by atoms with van der Waals surface area (Å²) in [5.74, 6) is 0.578. The Balaban J connectivity index is 1.75. The molecule has 1 aliphatic heterocycles. The third-order valence-electron chi connectivity index (χ3n) is 4.51. The van der Waals surface area contributed by atoms with Crippen LogP contribution < -0.4 is 10.1 Å². The van der Waals surface area contributed by atoms with E-state index in [2.05, 4.69) is 5.32 Å². The number of ether oxygens (including phenoxy) is 1. The topological polar surface area (TPSA) is 61.9 Å². The lowest BCUT2D eigenvalue weighted by molar-refractivity contribution is -0.135. The van der Waals surface area contributed by atoms with Crippen molar-refractivity contribution in [1.29, 1.82) is 0 Å². The summed E-state index contributed by atoms with van der Waals surface area (Å²) in [5.41, 5.74) is 0.975. The fourth-order valence-corrected chi connectivity index (χ4v) is 3.89. The zero-order chi connectivity index (χ0) is 18.5. The lowest BCUT2D eigenvalue weighted by Gasteiger charge is -2.37. The number of para-hydroxylation sites is 1. The van der Waals surface area contributed by atoms with E-state index in [0.717, 1.165) is 17.9 Å². The molecule has 26 heavy (non-hydrogen) atoms. The fraction of sp³-hybridized carbons (Fsp3) is 0.368. The molecule has 1 aliphatic rings. The Morgan fingerprint density at radius 1 is 1.31 bits per heavy atom. The van der Waals surface area contributed by atoms with Crippen LogP contribution in [0.5, 0.6) is 5.75 Å². The highest BCUT2D eigenvalue weighted by atomic mass is 32.1. The molecule has 1 aromatic carbocycles. The number of rotatable bonds is 5. The standard InChI is InChI=1S/C19H23N3O3S/c1-21(19(24)17-8-5-11-26-17)13-18(23)22-10-9-20-12-15(22)14-6-3-4-7-16(14)25-2/h3-8,11,15,20H,9-10,12-13H2,1-2H3. The van der Waals surface area contributed by atoms with Gasteiger partial charge in [0, 0.05) is 32.2 Å². The molecule has 1 unspecified atom stereocenters. The van der Waals surface area contributed by atoms with E-state index < -0.39 is 0 Å². The van der Waals surface area contributed by atoms with E-state index in [-0.39, 0.29) is 24.4 Å². The smallest absolute Gasteiger partial charge is 0.264 e. The summed E-state index contributed by atoms with van der Waals surface area (Å²) < 4.78 is 5.47. The first-order chi connectivity index (χ1) is 12.6. The van der Waals surface area contributed by atoms with Gasteiger partial charge >= 0.3 is 0 Å². The van der Waals surface area contributed by atoms with Gasteiger partial charge in [-0.05, 0) is 17.5 Å². The van der Waals surface area contributed by atoms with Crippen molar-refractivity contribution in [1.82, 2.24) is 15.1 Å². The molecular formula is C19H23N3O3S. The third-order valence-corrected chi connectivity index (χ3v) is 5.37. The number of methoxy groups -OCH3 is 1. The van der Waals surface area contributed by atoms with E-state index in [1.165, 1.54) is 16.2 Å². The van der Waals surface area contributed by atoms with Gasteiger partial charge < -0.3 is 19.9 Å². The molecule has 1 saturated heterocycles. The lowest BCUT2D eigenvalue weighted by atomic mass is 10.0. The third kappa shape index (κ3) is 3.89. The first-order valence-corrected chi connectivity index (χ1v) is 9.42. The van der Waals surface area contributed by atoms with Crippen molar-refractivity contribution >= 4 is 23.2 Å². The number of nitrogens with zero attached hydrogens (tertiary/aromatic N) is 2. The second-order valence-corrected chi connectivity index (χ2v) is 7.14. The number of hydrogen-bond acceptors (Lipinski definition) is 5. The van der Waals surface area contributed by atoms with Gasteiger partial charge in [0.15, 0.2) is 0 Å². The van der Waals surface area contributed by atoms with Gasteiger partial charge in [0.25, 0.3) is 5.91 Å². The van der Waals surface area contributed by atoms with E-state index in [0.29, 0.717) is 18.0 Å². The minimum atomic E-state index is -0.127. The number of likely N-dealkylation sites (N-methyl/N-ethyl adjacent to an activating group) is 1. The van der Waals surface area contributed by atoms with Gasteiger partial charge in [-0.25, -0.2) is 0 Å². The molecule has 2 heterocycles. The Morgan fingerprint density at radius 3 is 2.85 bits per heavy atom. The van der Waals surface area contributed by atoms with Crippen LogP contribution in [0.4, 0.5) is 0 Å². The SMILES string of the molecule is COc1ccccc1C1CNCCN1C(=O)CN(C)C(=O)c1cccs1. The molecule has 2 aromatic rings. The van der Waals surface area contributed by atoms with Crippen LogP contribution in [0.2, 0.25) is 0 Å². The zero-order valence-electron chi connectivity index (χ0n) is 15.0. The van der Waals surface area contributed by atoms with Gasteiger partial charge in [0.1, 0.15) is 5.75 Å². The van der Waals surface area contributed by atoms with Gasteiger partial charge in [-0.15, -0.1) is 11.3 Å². The summed E-state index contributed by atoms with van der Waals surface area (Å²) in [6.45, 7) is 2.06. The Kier molecular flexibility index (Phi) is 5.90. The number of carbonyl (C=O) groups excluding carboxylic acids is 2. The summed E-state index contributed by atoms with van der Waals surface area (Å²) in [6, 6.07) is 11.2. The van der Waals surface area contributed by atoms with Crippen LogP contribution in [-0.2, 0) is 4.79 Å². The first-order valence-electron chi connectivity index (χ1n) is 8.54. The molecule has 0 radical (unpaired) electrons. The maximum absolute atomic E-state index is 12.9. The maximum atomic E-state index is 12.9. The number of amides is 2.